The molecule has 1 aromatic carbocycles. The molecule has 2 aliphatic carbocycles. The third-order valence-electron chi connectivity index (χ3n) is 5.86. The summed E-state index contributed by atoms with van der Waals surface area (Å²) in [4.78, 5) is 29.1. The third-order valence-corrected chi connectivity index (χ3v) is 5.86. The van der Waals surface area contributed by atoms with Gasteiger partial charge in [-0.2, -0.15) is 0 Å². The third kappa shape index (κ3) is 2.60. The van der Waals surface area contributed by atoms with Gasteiger partial charge in [0.1, 0.15) is 5.82 Å². The molecular formula is C19H23FN2O2. The second kappa shape index (κ2) is 5.57. The van der Waals surface area contributed by atoms with Crippen molar-refractivity contribution in [1.29, 1.82) is 0 Å². The molecule has 0 unspecified atom stereocenters. The van der Waals surface area contributed by atoms with Gasteiger partial charge in [0.15, 0.2) is 0 Å². The molecule has 5 heteroatoms. The molecule has 0 radical (unpaired) electrons. The van der Waals surface area contributed by atoms with Crippen LogP contribution in [0.25, 0.3) is 0 Å². The first-order valence-electron chi connectivity index (χ1n) is 8.85. The van der Waals surface area contributed by atoms with E-state index in [1.807, 2.05) is 9.80 Å². The molecule has 4 rings (SSSR count). The van der Waals surface area contributed by atoms with Gasteiger partial charge in [0.25, 0.3) is 0 Å². The lowest BCUT2D eigenvalue weighted by atomic mass is 9.94. The maximum absolute atomic E-state index is 13.1. The Bertz CT molecular complexity index is 660. The van der Waals surface area contributed by atoms with Gasteiger partial charge in [-0.05, 0) is 42.9 Å². The minimum absolute atomic E-state index is 0.140. The number of amides is 2. The van der Waals surface area contributed by atoms with Gasteiger partial charge in [-0.1, -0.05) is 19.1 Å². The zero-order valence-corrected chi connectivity index (χ0v) is 14.0. The van der Waals surface area contributed by atoms with E-state index in [1.165, 1.54) is 12.1 Å². The van der Waals surface area contributed by atoms with Crippen molar-refractivity contribution >= 4 is 11.8 Å². The fourth-order valence-corrected chi connectivity index (χ4v) is 3.85. The highest BCUT2D eigenvalue weighted by Gasteiger charge is 2.53. The minimum atomic E-state index is -0.453. The molecule has 0 bridgehead atoms. The average molecular weight is 330 g/mol. The van der Waals surface area contributed by atoms with Crippen LogP contribution in [0.1, 0.15) is 31.7 Å². The van der Waals surface area contributed by atoms with Crippen LogP contribution >= 0.6 is 0 Å². The van der Waals surface area contributed by atoms with Gasteiger partial charge < -0.3 is 9.80 Å². The van der Waals surface area contributed by atoms with E-state index < -0.39 is 5.41 Å². The van der Waals surface area contributed by atoms with Gasteiger partial charge in [0.05, 0.1) is 5.41 Å². The number of hydrogen-bond donors (Lipinski definition) is 0. The molecule has 1 heterocycles. The monoisotopic (exact) mass is 330 g/mol. The maximum Gasteiger partial charge on any atom is 0.233 e. The highest BCUT2D eigenvalue weighted by molar-refractivity contribution is 5.91. The molecule has 2 atom stereocenters. The van der Waals surface area contributed by atoms with Crippen LogP contribution in [-0.2, 0) is 15.0 Å². The Morgan fingerprint density at radius 2 is 1.58 bits per heavy atom. The molecule has 3 aliphatic rings. The molecule has 0 N–H and O–H groups in total. The normalized spacial score (nSPS) is 27.8. The maximum atomic E-state index is 13.1. The van der Waals surface area contributed by atoms with Crippen LogP contribution in [0.4, 0.5) is 4.39 Å². The van der Waals surface area contributed by atoms with Gasteiger partial charge >= 0.3 is 0 Å². The molecule has 0 aromatic heterocycles. The van der Waals surface area contributed by atoms with E-state index >= 15 is 0 Å². The number of piperazine rings is 1. The van der Waals surface area contributed by atoms with Crippen molar-refractivity contribution in [2.24, 2.45) is 11.8 Å². The molecule has 128 valence electrons. The van der Waals surface area contributed by atoms with Gasteiger partial charge in [-0.3, -0.25) is 9.59 Å². The molecule has 2 amide bonds. The van der Waals surface area contributed by atoms with Crippen molar-refractivity contribution in [2.75, 3.05) is 26.2 Å². The first kappa shape index (κ1) is 15.6. The summed E-state index contributed by atoms with van der Waals surface area (Å²) in [5.74, 6) is 0.852. The van der Waals surface area contributed by atoms with Crippen LogP contribution < -0.4 is 0 Å². The van der Waals surface area contributed by atoms with Crippen LogP contribution in [0.2, 0.25) is 0 Å². The number of rotatable bonds is 3. The highest BCUT2D eigenvalue weighted by Crippen LogP contribution is 2.49. The quantitative estimate of drug-likeness (QED) is 0.852. The summed E-state index contributed by atoms with van der Waals surface area (Å²) in [6.07, 6.45) is 2.66. The van der Waals surface area contributed by atoms with E-state index in [9.17, 15) is 14.0 Å². The smallest absolute Gasteiger partial charge is 0.233 e. The summed E-state index contributed by atoms with van der Waals surface area (Å²) in [5, 5.41) is 0. The second-order valence-corrected chi connectivity index (χ2v) is 7.53. The Labute approximate surface area is 141 Å². The topological polar surface area (TPSA) is 40.6 Å². The van der Waals surface area contributed by atoms with Crippen molar-refractivity contribution in [3.05, 3.63) is 35.6 Å². The molecule has 2 saturated carbocycles. The van der Waals surface area contributed by atoms with E-state index in [2.05, 4.69) is 6.92 Å². The van der Waals surface area contributed by atoms with Crippen LogP contribution in [0.15, 0.2) is 24.3 Å². The minimum Gasteiger partial charge on any atom is -0.339 e. The highest BCUT2D eigenvalue weighted by atomic mass is 19.1. The molecule has 1 saturated heterocycles. The Morgan fingerprint density at radius 1 is 1.04 bits per heavy atom. The summed E-state index contributed by atoms with van der Waals surface area (Å²) >= 11 is 0. The molecular weight excluding hydrogens is 307 g/mol. The number of hydrogen-bond acceptors (Lipinski definition) is 2. The summed E-state index contributed by atoms with van der Waals surface area (Å²) in [7, 11) is 0. The second-order valence-electron chi connectivity index (χ2n) is 7.53. The Kier molecular flexibility index (Phi) is 3.62. The van der Waals surface area contributed by atoms with Gasteiger partial charge in [0.2, 0.25) is 11.8 Å². The van der Waals surface area contributed by atoms with Crippen molar-refractivity contribution in [1.82, 2.24) is 9.80 Å². The van der Waals surface area contributed by atoms with Crippen LogP contribution in [-0.4, -0.2) is 47.8 Å². The van der Waals surface area contributed by atoms with E-state index in [4.69, 9.17) is 0 Å². The first-order valence-corrected chi connectivity index (χ1v) is 8.85. The van der Waals surface area contributed by atoms with Crippen molar-refractivity contribution in [3.63, 3.8) is 0 Å². The Hall–Kier alpha value is -1.91. The average Bonchev–Trinajstić information content (AvgIpc) is 3.51. The lowest BCUT2D eigenvalue weighted by Gasteiger charge is -2.37. The van der Waals surface area contributed by atoms with Gasteiger partial charge in [-0.15, -0.1) is 0 Å². The number of nitrogens with zero attached hydrogens (tertiary/aromatic N) is 2. The zero-order valence-electron chi connectivity index (χ0n) is 14.0. The summed E-state index contributed by atoms with van der Waals surface area (Å²) < 4.78 is 13.1. The number of benzene rings is 1. The van der Waals surface area contributed by atoms with Crippen molar-refractivity contribution < 1.29 is 14.0 Å². The number of carbonyl (C=O) groups excluding carboxylic acids is 2. The lowest BCUT2D eigenvalue weighted by Crippen LogP contribution is -2.53. The molecule has 1 aromatic rings. The molecule has 24 heavy (non-hydrogen) atoms. The van der Waals surface area contributed by atoms with Gasteiger partial charge in [-0.25, -0.2) is 4.39 Å². The van der Waals surface area contributed by atoms with Crippen molar-refractivity contribution in [3.8, 4) is 0 Å². The fourth-order valence-electron chi connectivity index (χ4n) is 3.85. The molecule has 4 nitrogen and oxygen atoms in total. The van der Waals surface area contributed by atoms with E-state index in [0.717, 1.165) is 24.8 Å². The zero-order chi connectivity index (χ0) is 16.9. The van der Waals surface area contributed by atoms with Gasteiger partial charge in [0, 0.05) is 32.1 Å². The summed E-state index contributed by atoms with van der Waals surface area (Å²) in [6.45, 7) is 4.59. The molecule has 3 fully saturated rings. The predicted octanol–water partition coefficient (Wildman–Crippen LogP) is 2.18. The fraction of sp³-hybridized carbons (Fsp3) is 0.579. The van der Waals surface area contributed by atoms with Crippen LogP contribution in [0.3, 0.4) is 0 Å². The van der Waals surface area contributed by atoms with Crippen LogP contribution in [0, 0.1) is 17.7 Å². The number of halogens is 1. The Morgan fingerprint density at radius 3 is 2.08 bits per heavy atom. The SMILES string of the molecule is C[C@H]1C[C@H]1C(=O)N1CCN(C(=O)C2(c3ccc(F)cc3)CC2)CC1. The number of carbonyl (C=O) groups is 2. The summed E-state index contributed by atoms with van der Waals surface area (Å²) in [6, 6.07) is 6.31. The molecule has 1 aliphatic heterocycles. The summed E-state index contributed by atoms with van der Waals surface area (Å²) in [5.41, 5.74) is 0.462. The Balaban J connectivity index is 1.39. The van der Waals surface area contributed by atoms with Crippen LogP contribution in [0.5, 0.6) is 0 Å². The standard InChI is InChI=1S/C19H23FN2O2/c1-13-12-16(13)17(23)21-8-10-22(11-9-21)18(24)19(6-7-19)14-2-4-15(20)5-3-14/h2-5,13,16H,6-12H2,1H3/t13-,16+/m0/s1. The van der Waals surface area contributed by atoms with E-state index in [0.29, 0.717) is 32.1 Å². The van der Waals surface area contributed by atoms with E-state index in [1.54, 1.807) is 12.1 Å². The first-order chi connectivity index (χ1) is 11.5. The largest absolute Gasteiger partial charge is 0.339 e. The van der Waals surface area contributed by atoms with Crippen molar-refractivity contribution in [2.45, 2.75) is 31.6 Å². The lowest BCUT2D eigenvalue weighted by molar-refractivity contribution is -0.141. The molecule has 0 spiro atoms. The predicted molar refractivity (Wildman–Crippen MR) is 87.7 cm³/mol. The van der Waals surface area contributed by atoms with E-state index in [-0.39, 0.29) is 23.5 Å².